The van der Waals surface area contributed by atoms with Crippen molar-refractivity contribution in [1.29, 1.82) is 0 Å². The number of ether oxygens (including phenoxy) is 1. The maximum Gasteiger partial charge on any atom is 0.128 e. The summed E-state index contributed by atoms with van der Waals surface area (Å²) in [7, 11) is 0. The zero-order valence-corrected chi connectivity index (χ0v) is 10.7. The second kappa shape index (κ2) is 5.32. The van der Waals surface area contributed by atoms with Crippen molar-refractivity contribution < 1.29 is 9.84 Å². The summed E-state index contributed by atoms with van der Waals surface area (Å²) in [6.07, 6.45) is 0. The molecule has 0 saturated carbocycles. The van der Waals surface area contributed by atoms with Crippen LogP contribution in [0.1, 0.15) is 5.56 Å². The summed E-state index contributed by atoms with van der Waals surface area (Å²) in [5.74, 6) is 1.60. The van der Waals surface area contributed by atoms with Gasteiger partial charge in [0.1, 0.15) is 11.5 Å². The average molecular weight is 326 g/mol. The third kappa shape index (κ3) is 2.96. The zero-order valence-electron chi connectivity index (χ0n) is 8.56. The van der Waals surface area contributed by atoms with Gasteiger partial charge in [-0.3, -0.25) is 0 Å². The number of rotatable bonds is 3. The third-order valence-corrected chi connectivity index (χ3v) is 2.81. The van der Waals surface area contributed by atoms with E-state index >= 15 is 0 Å². The Morgan fingerprint density at radius 3 is 2.38 bits per heavy atom. The van der Waals surface area contributed by atoms with E-state index in [1.165, 1.54) is 0 Å². The first-order valence-corrected chi connectivity index (χ1v) is 5.99. The van der Waals surface area contributed by atoms with Gasteiger partial charge in [-0.05, 0) is 58.5 Å². The van der Waals surface area contributed by atoms with Crippen LogP contribution in [-0.2, 0) is 6.61 Å². The Morgan fingerprint density at radius 2 is 1.75 bits per heavy atom. The lowest BCUT2D eigenvalue weighted by atomic mass is 10.2. The Balaban J connectivity index is 2.14. The van der Waals surface area contributed by atoms with E-state index in [9.17, 15) is 0 Å². The van der Waals surface area contributed by atoms with Gasteiger partial charge in [-0.1, -0.05) is 18.2 Å². The lowest BCUT2D eigenvalue weighted by Gasteiger charge is -2.06. The molecule has 0 spiro atoms. The van der Waals surface area contributed by atoms with Crippen LogP contribution in [0.5, 0.6) is 11.5 Å². The van der Waals surface area contributed by atoms with E-state index in [2.05, 4.69) is 22.6 Å². The molecule has 3 heteroatoms. The second-order valence-corrected chi connectivity index (χ2v) is 4.61. The Kier molecular flexibility index (Phi) is 3.79. The first-order valence-electron chi connectivity index (χ1n) is 4.91. The lowest BCUT2D eigenvalue weighted by Crippen LogP contribution is -1.86. The van der Waals surface area contributed by atoms with E-state index in [4.69, 9.17) is 9.84 Å². The fraction of sp³-hybridized carbons (Fsp3) is 0.0769. The summed E-state index contributed by atoms with van der Waals surface area (Å²) in [6.45, 7) is 0.0590. The average Bonchev–Trinajstić information content (AvgIpc) is 2.30. The maximum absolute atomic E-state index is 8.91. The van der Waals surface area contributed by atoms with Crippen LogP contribution in [0.15, 0.2) is 48.5 Å². The monoisotopic (exact) mass is 326 g/mol. The van der Waals surface area contributed by atoms with Crippen molar-refractivity contribution >= 4 is 22.6 Å². The van der Waals surface area contributed by atoms with Crippen molar-refractivity contribution in [3.05, 3.63) is 57.7 Å². The Morgan fingerprint density at radius 1 is 1.00 bits per heavy atom. The van der Waals surface area contributed by atoms with Crippen molar-refractivity contribution in [2.75, 3.05) is 0 Å². The topological polar surface area (TPSA) is 29.5 Å². The first-order chi connectivity index (χ1) is 7.78. The first kappa shape index (κ1) is 11.4. The van der Waals surface area contributed by atoms with Gasteiger partial charge in [-0.15, -0.1) is 0 Å². The molecule has 0 aliphatic carbocycles. The molecule has 82 valence electrons. The highest BCUT2D eigenvalue weighted by Gasteiger charge is 1.98. The van der Waals surface area contributed by atoms with Gasteiger partial charge in [-0.2, -0.15) is 0 Å². The van der Waals surface area contributed by atoms with Crippen LogP contribution in [0, 0.1) is 3.57 Å². The van der Waals surface area contributed by atoms with E-state index in [0.717, 1.165) is 20.6 Å². The summed E-state index contributed by atoms with van der Waals surface area (Å²) in [5.41, 5.74) is 0.884. The summed E-state index contributed by atoms with van der Waals surface area (Å²) < 4.78 is 6.81. The molecule has 0 atom stereocenters. The van der Waals surface area contributed by atoms with Gasteiger partial charge < -0.3 is 9.84 Å². The highest BCUT2D eigenvalue weighted by Crippen LogP contribution is 2.23. The highest BCUT2D eigenvalue weighted by molar-refractivity contribution is 14.1. The predicted molar refractivity (Wildman–Crippen MR) is 71.6 cm³/mol. The predicted octanol–water partition coefficient (Wildman–Crippen LogP) is 3.58. The van der Waals surface area contributed by atoms with Crippen LogP contribution in [0.3, 0.4) is 0 Å². The zero-order chi connectivity index (χ0) is 11.4. The van der Waals surface area contributed by atoms with Crippen molar-refractivity contribution in [2.45, 2.75) is 6.61 Å². The van der Waals surface area contributed by atoms with Crippen LogP contribution in [0.2, 0.25) is 0 Å². The molecule has 0 aromatic heterocycles. The SMILES string of the molecule is OCc1ccc(Oc2cccc(I)c2)cc1. The number of hydrogen-bond donors (Lipinski definition) is 1. The van der Waals surface area contributed by atoms with Crippen LogP contribution >= 0.6 is 22.6 Å². The molecule has 2 aromatic carbocycles. The van der Waals surface area contributed by atoms with Crippen molar-refractivity contribution in [1.82, 2.24) is 0 Å². The lowest BCUT2D eigenvalue weighted by molar-refractivity contribution is 0.281. The van der Waals surface area contributed by atoms with Gasteiger partial charge in [0, 0.05) is 3.57 Å². The van der Waals surface area contributed by atoms with E-state index in [1.807, 2.05) is 48.5 Å². The second-order valence-electron chi connectivity index (χ2n) is 3.36. The highest BCUT2D eigenvalue weighted by atomic mass is 127. The molecular weight excluding hydrogens is 315 g/mol. The summed E-state index contributed by atoms with van der Waals surface area (Å²) >= 11 is 2.25. The van der Waals surface area contributed by atoms with Crippen LogP contribution in [0.25, 0.3) is 0 Å². The molecule has 1 N–H and O–H groups in total. The molecule has 0 heterocycles. The summed E-state index contributed by atoms with van der Waals surface area (Å²) in [6, 6.07) is 15.3. The quantitative estimate of drug-likeness (QED) is 0.874. The minimum absolute atomic E-state index is 0.0590. The van der Waals surface area contributed by atoms with Crippen LogP contribution in [-0.4, -0.2) is 5.11 Å². The third-order valence-electron chi connectivity index (χ3n) is 2.14. The number of halogens is 1. The van der Waals surface area contributed by atoms with Gasteiger partial charge in [-0.25, -0.2) is 0 Å². The number of benzene rings is 2. The largest absolute Gasteiger partial charge is 0.457 e. The molecule has 0 aliphatic heterocycles. The molecule has 0 radical (unpaired) electrons. The molecule has 16 heavy (non-hydrogen) atoms. The van der Waals surface area contributed by atoms with Crippen LogP contribution < -0.4 is 4.74 Å². The summed E-state index contributed by atoms with van der Waals surface area (Å²) in [5, 5.41) is 8.91. The molecule has 0 bridgehead atoms. The molecule has 2 aromatic rings. The Bertz CT molecular complexity index is 466. The number of hydrogen-bond acceptors (Lipinski definition) is 2. The number of aliphatic hydroxyl groups excluding tert-OH is 1. The fourth-order valence-corrected chi connectivity index (χ4v) is 1.84. The van der Waals surface area contributed by atoms with Crippen LogP contribution in [0.4, 0.5) is 0 Å². The van der Waals surface area contributed by atoms with Gasteiger partial charge in [0.15, 0.2) is 0 Å². The molecule has 2 rings (SSSR count). The maximum atomic E-state index is 8.91. The molecule has 0 saturated heterocycles. The molecule has 0 unspecified atom stereocenters. The minimum Gasteiger partial charge on any atom is -0.457 e. The normalized spacial score (nSPS) is 10.1. The van der Waals surface area contributed by atoms with E-state index in [0.29, 0.717) is 0 Å². The molecule has 0 amide bonds. The van der Waals surface area contributed by atoms with Gasteiger partial charge in [0.05, 0.1) is 6.61 Å². The van der Waals surface area contributed by atoms with E-state index in [-0.39, 0.29) is 6.61 Å². The molecule has 2 nitrogen and oxygen atoms in total. The van der Waals surface area contributed by atoms with Gasteiger partial charge >= 0.3 is 0 Å². The van der Waals surface area contributed by atoms with Crippen molar-refractivity contribution in [3.63, 3.8) is 0 Å². The Labute approximate surface area is 108 Å². The van der Waals surface area contributed by atoms with Gasteiger partial charge in [0.2, 0.25) is 0 Å². The fourth-order valence-electron chi connectivity index (χ4n) is 1.33. The smallest absolute Gasteiger partial charge is 0.128 e. The van der Waals surface area contributed by atoms with Crippen molar-refractivity contribution in [3.8, 4) is 11.5 Å². The number of aliphatic hydroxyl groups is 1. The standard InChI is InChI=1S/C13H11IO2/c14-11-2-1-3-13(8-11)16-12-6-4-10(9-15)5-7-12/h1-8,15H,9H2. The van der Waals surface area contributed by atoms with Gasteiger partial charge in [0.25, 0.3) is 0 Å². The summed E-state index contributed by atoms with van der Waals surface area (Å²) in [4.78, 5) is 0. The molecular formula is C13H11IO2. The molecule has 0 aliphatic rings. The Hall–Kier alpha value is -1.07. The minimum atomic E-state index is 0.0590. The van der Waals surface area contributed by atoms with E-state index in [1.54, 1.807) is 0 Å². The molecule has 0 fully saturated rings. The van der Waals surface area contributed by atoms with Crippen molar-refractivity contribution in [2.24, 2.45) is 0 Å². The van der Waals surface area contributed by atoms with E-state index < -0.39 is 0 Å².